The first kappa shape index (κ1) is 12.7. The average molecular weight is 286 g/mol. The summed E-state index contributed by atoms with van der Waals surface area (Å²) in [5.41, 5.74) is 2.28. The largest absolute Gasteiger partial charge is 0.478 e. The van der Waals surface area contributed by atoms with Crippen molar-refractivity contribution in [2.75, 3.05) is 0 Å². The molecule has 3 rings (SSSR count). The molecule has 1 aliphatic rings. The molecule has 0 aliphatic carbocycles. The summed E-state index contributed by atoms with van der Waals surface area (Å²) in [6.07, 6.45) is 0.555. The van der Waals surface area contributed by atoms with E-state index in [0.29, 0.717) is 16.2 Å². The van der Waals surface area contributed by atoms with Crippen LogP contribution < -0.4 is 0 Å². The van der Waals surface area contributed by atoms with Crippen molar-refractivity contribution in [3.05, 3.63) is 58.7 Å². The summed E-state index contributed by atoms with van der Waals surface area (Å²) in [5, 5.41) is 18.5. The van der Waals surface area contributed by atoms with Gasteiger partial charge in [0.05, 0.1) is 11.1 Å². The Hall–Kier alpha value is -2.27. The van der Waals surface area contributed by atoms with Crippen LogP contribution in [0.2, 0.25) is 0 Å². The average Bonchev–Trinajstić information content (AvgIpc) is 2.43. The van der Waals surface area contributed by atoms with Crippen LogP contribution in [-0.4, -0.2) is 22.2 Å². The van der Waals surface area contributed by atoms with Crippen molar-refractivity contribution >= 4 is 23.7 Å². The maximum Gasteiger partial charge on any atom is 0.336 e. The summed E-state index contributed by atoms with van der Waals surface area (Å²) in [4.78, 5) is 23.8. The van der Waals surface area contributed by atoms with Gasteiger partial charge < -0.3 is 10.2 Å². The second-order valence-electron chi connectivity index (χ2n) is 4.48. The van der Waals surface area contributed by atoms with Gasteiger partial charge in [0.1, 0.15) is 0 Å². The molecule has 5 heteroatoms. The third kappa shape index (κ3) is 1.96. The van der Waals surface area contributed by atoms with Crippen molar-refractivity contribution in [2.24, 2.45) is 0 Å². The monoisotopic (exact) mass is 286 g/mol. The summed E-state index contributed by atoms with van der Waals surface area (Å²) < 4.78 is 0. The lowest BCUT2D eigenvalue weighted by Crippen LogP contribution is -2.09. The van der Waals surface area contributed by atoms with Crippen molar-refractivity contribution < 1.29 is 19.8 Å². The lowest BCUT2D eigenvalue weighted by Gasteiger charge is -2.21. The topological polar surface area (TPSA) is 74.6 Å². The number of aromatic carboxylic acids is 2. The van der Waals surface area contributed by atoms with Crippen LogP contribution in [0.1, 0.15) is 31.8 Å². The third-order valence-electron chi connectivity index (χ3n) is 3.24. The predicted octanol–water partition coefficient (Wildman–Crippen LogP) is 3.14. The fraction of sp³-hybridized carbons (Fsp3) is 0.0667. The molecule has 0 amide bonds. The van der Waals surface area contributed by atoms with Gasteiger partial charge in [0.2, 0.25) is 0 Å². The molecule has 20 heavy (non-hydrogen) atoms. The second kappa shape index (κ2) is 4.68. The van der Waals surface area contributed by atoms with Gasteiger partial charge in [-0.3, -0.25) is 0 Å². The van der Waals surface area contributed by atoms with Crippen molar-refractivity contribution in [1.82, 2.24) is 0 Å². The van der Waals surface area contributed by atoms with Crippen molar-refractivity contribution in [2.45, 2.75) is 16.2 Å². The molecule has 0 fully saturated rings. The van der Waals surface area contributed by atoms with E-state index < -0.39 is 11.9 Å². The summed E-state index contributed by atoms with van der Waals surface area (Å²) in [6.45, 7) is 0. The van der Waals surface area contributed by atoms with Gasteiger partial charge in [0.25, 0.3) is 0 Å². The molecule has 1 aliphatic heterocycles. The normalized spacial score (nSPS) is 12.4. The van der Waals surface area contributed by atoms with Gasteiger partial charge in [-0.05, 0) is 29.7 Å². The van der Waals surface area contributed by atoms with Crippen molar-refractivity contribution in [3.8, 4) is 0 Å². The lowest BCUT2D eigenvalue weighted by molar-refractivity contribution is 0.0683. The van der Waals surface area contributed by atoms with Crippen molar-refractivity contribution in [1.29, 1.82) is 0 Å². The highest BCUT2D eigenvalue weighted by Crippen LogP contribution is 2.43. The van der Waals surface area contributed by atoms with Gasteiger partial charge in [-0.25, -0.2) is 9.59 Å². The Balaban J connectivity index is 2.18. The fourth-order valence-corrected chi connectivity index (χ4v) is 3.61. The smallest absolute Gasteiger partial charge is 0.336 e. The zero-order chi connectivity index (χ0) is 14.3. The fourth-order valence-electron chi connectivity index (χ4n) is 2.33. The molecule has 2 aromatic rings. The number of carboxylic acids is 2. The van der Waals surface area contributed by atoms with E-state index >= 15 is 0 Å². The van der Waals surface area contributed by atoms with E-state index in [-0.39, 0.29) is 11.1 Å². The quantitative estimate of drug-likeness (QED) is 0.757. The van der Waals surface area contributed by atoms with E-state index in [0.717, 1.165) is 11.1 Å². The number of carboxylic acid groups (broad SMARTS) is 2. The molecule has 0 bridgehead atoms. The van der Waals surface area contributed by atoms with Gasteiger partial charge in [0.15, 0.2) is 0 Å². The summed E-state index contributed by atoms with van der Waals surface area (Å²) in [7, 11) is 0. The van der Waals surface area contributed by atoms with E-state index in [1.54, 1.807) is 24.3 Å². The molecular weight excluding hydrogens is 276 g/mol. The number of hydrogen-bond acceptors (Lipinski definition) is 3. The Labute approximate surface area is 119 Å². The predicted molar refractivity (Wildman–Crippen MR) is 73.7 cm³/mol. The minimum Gasteiger partial charge on any atom is -0.478 e. The number of fused-ring (bicyclic) bond motifs is 2. The maximum absolute atomic E-state index is 11.3. The molecule has 2 N–H and O–H groups in total. The first-order valence-electron chi connectivity index (χ1n) is 5.96. The van der Waals surface area contributed by atoms with Crippen LogP contribution in [0.25, 0.3) is 0 Å². The standard InChI is InChI=1S/C15H10O4S/c16-14(17)10-5-1-3-8-7-9-4-2-6-11(15(18)19)13(9)20-12(8)10/h1-6H,7H2,(H,16,17)(H,18,19). The van der Waals surface area contributed by atoms with E-state index in [1.165, 1.54) is 11.8 Å². The van der Waals surface area contributed by atoms with E-state index in [9.17, 15) is 19.8 Å². The number of carbonyl (C=O) groups is 2. The number of hydrogen-bond donors (Lipinski definition) is 2. The minimum absolute atomic E-state index is 0.221. The highest BCUT2D eigenvalue weighted by atomic mass is 32.2. The molecule has 2 aromatic carbocycles. The summed E-state index contributed by atoms with van der Waals surface area (Å²) in [5.74, 6) is -1.99. The Morgan fingerprint density at radius 1 is 0.850 bits per heavy atom. The van der Waals surface area contributed by atoms with Crippen LogP contribution in [0.3, 0.4) is 0 Å². The van der Waals surface area contributed by atoms with Crippen LogP contribution in [0, 0.1) is 0 Å². The molecule has 1 heterocycles. The Morgan fingerprint density at radius 3 is 1.70 bits per heavy atom. The van der Waals surface area contributed by atoms with Gasteiger partial charge in [0, 0.05) is 9.79 Å². The zero-order valence-electron chi connectivity index (χ0n) is 10.3. The summed E-state index contributed by atoms with van der Waals surface area (Å²) in [6, 6.07) is 10.3. The zero-order valence-corrected chi connectivity index (χ0v) is 11.1. The molecule has 0 radical (unpaired) electrons. The molecule has 0 saturated heterocycles. The molecule has 0 unspecified atom stereocenters. The molecule has 0 saturated carbocycles. The maximum atomic E-state index is 11.3. The van der Waals surface area contributed by atoms with Crippen LogP contribution in [0.5, 0.6) is 0 Å². The van der Waals surface area contributed by atoms with Gasteiger partial charge >= 0.3 is 11.9 Å². The van der Waals surface area contributed by atoms with Gasteiger partial charge in [-0.2, -0.15) is 0 Å². The molecular formula is C15H10O4S. The van der Waals surface area contributed by atoms with Gasteiger partial charge in [-0.15, -0.1) is 0 Å². The molecule has 0 aromatic heterocycles. The highest BCUT2D eigenvalue weighted by Gasteiger charge is 2.25. The lowest BCUT2D eigenvalue weighted by atomic mass is 10.00. The Kier molecular flexibility index (Phi) is 2.99. The van der Waals surface area contributed by atoms with Crippen LogP contribution in [-0.2, 0) is 6.42 Å². The minimum atomic E-state index is -0.995. The highest BCUT2D eigenvalue weighted by molar-refractivity contribution is 7.99. The first-order chi connectivity index (χ1) is 9.58. The first-order valence-corrected chi connectivity index (χ1v) is 6.78. The van der Waals surface area contributed by atoms with E-state index in [4.69, 9.17) is 0 Å². The van der Waals surface area contributed by atoms with E-state index in [2.05, 4.69) is 0 Å². The van der Waals surface area contributed by atoms with Crippen molar-refractivity contribution in [3.63, 3.8) is 0 Å². The van der Waals surface area contributed by atoms with Crippen LogP contribution in [0.15, 0.2) is 46.2 Å². The Morgan fingerprint density at radius 2 is 1.30 bits per heavy atom. The van der Waals surface area contributed by atoms with E-state index in [1.807, 2.05) is 12.1 Å². The van der Waals surface area contributed by atoms with Crippen LogP contribution >= 0.6 is 11.8 Å². The number of rotatable bonds is 2. The third-order valence-corrected chi connectivity index (χ3v) is 4.61. The summed E-state index contributed by atoms with van der Waals surface area (Å²) >= 11 is 1.23. The second-order valence-corrected chi connectivity index (χ2v) is 5.50. The SMILES string of the molecule is O=C(O)c1cccc2c1Sc1c(cccc1C(=O)O)C2. The Bertz CT molecular complexity index is 675. The number of benzene rings is 2. The van der Waals surface area contributed by atoms with Crippen LogP contribution in [0.4, 0.5) is 0 Å². The molecule has 0 spiro atoms. The molecule has 100 valence electrons. The molecule has 0 atom stereocenters. The molecule has 4 nitrogen and oxygen atoms in total. The van der Waals surface area contributed by atoms with Gasteiger partial charge in [-0.1, -0.05) is 36.0 Å².